The van der Waals surface area contributed by atoms with Gasteiger partial charge in [-0.3, -0.25) is 4.79 Å². The van der Waals surface area contributed by atoms with Crippen LogP contribution in [0, 0.1) is 5.92 Å². The number of hydrogen-bond donors (Lipinski definition) is 2. The second-order valence-corrected chi connectivity index (χ2v) is 6.91. The van der Waals surface area contributed by atoms with Crippen molar-refractivity contribution in [3.8, 4) is 0 Å². The van der Waals surface area contributed by atoms with Gasteiger partial charge in [-0.15, -0.1) is 11.3 Å². The fraction of sp³-hybridized carbons (Fsp3) is 0.500. The summed E-state index contributed by atoms with van der Waals surface area (Å²) >= 11 is 1.67. The molecule has 2 N–H and O–H groups in total. The van der Waals surface area contributed by atoms with Gasteiger partial charge in [0.1, 0.15) is 0 Å². The molecule has 112 valence electrons. The lowest BCUT2D eigenvalue weighted by Gasteiger charge is -2.18. The number of carbonyl (C=O) groups is 1. The molecule has 3 rings (SSSR count). The van der Waals surface area contributed by atoms with Crippen LogP contribution in [0.2, 0.25) is 0 Å². The lowest BCUT2D eigenvalue weighted by molar-refractivity contribution is -0.128. The maximum atomic E-state index is 12.1. The van der Waals surface area contributed by atoms with Gasteiger partial charge in [0.25, 0.3) is 0 Å². The zero-order chi connectivity index (χ0) is 14.8. The molecule has 1 aliphatic carbocycles. The van der Waals surface area contributed by atoms with Crippen molar-refractivity contribution in [2.45, 2.75) is 44.8 Å². The van der Waals surface area contributed by atoms with Crippen molar-refractivity contribution in [2.75, 3.05) is 0 Å². The topological polar surface area (TPSA) is 62.2 Å². The van der Waals surface area contributed by atoms with Crippen molar-refractivity contribution in [2.24, 2.45) is 5.92 Å². The van der Waals surface area contributed by atoms with Crippen LogP contribution in [0.25, 0.3) is 10.2 Å². The van der Waals surface area contributed by atoms with E-state index in [2.05, 4.69) is 16.4 Å². The Balaban J connectivity index is 1.60. The first kappa shape index (κ1) is 14.5. The van der Waals surface area contributed by atoms with Gasteiger partial charge in [0.15, 0.2) is 0 Å². The van der Waals surface area contributed by atoms with Gasteiger partial charge < -0.3 is 10.4 Å². The van der Waals surface area contributed by atoms with E-state index in [1.54, 1.807) is 11.3 Å². The van der Waals surface area contributed by atoms with Crippen LogP contribution in [0.1, 0.15) is 31.2 Å². The van der Waals surface area contributed by atoms with E-state index in [0.29, 0.717) is 0 Å². The van der Waals surface area contributed by atoms with Crippen LogP contribution in [0.3, 0.4) is 0 Å². The summed E-state index contributed by atoms with van der Waals surface area (Å²) in [5.74, 6) is -0.253. The van der Waals surface area contributed by atoms with Crippen LogP contribution in [-0.4, -0.2) is 28.1 Å². The number of rotatable bonds is 4. The summed E-state index contributed by atoms with van der Waals surface area (Å²) in [7, 11) is 0. The highest BCUT2D eigenvalue weighted by Gasteiger charge is 2.31. The molecule has 1 fully saturated rings. The average molecular weight is 304 g/mol. The summed E-state index contributed by atoms with van der Waals surface area (Å²) in [6, 6.07) is 8.10. The third kappa shape index (κ3) is 3.24. The predicted octanol–water partition coefficient (Wildman–Crippen LogP) is 2.50. The highest BCUT2D eigenvalue weighted by Crippen LogP contribution is 2.26. The standard InChI is InChI=1S/C16H20N2O2S/c1-10(17-16(20)11-5-4-7-13(11)19)9-15-18-12-6-2-3-8-14(12)21-15/h2-3,6,8,10-11,13,19H,4-5,7,9H2,1H3,(H,17,20). The van der Waals surface area contributed by atoms with Gasteiger partial charge in [-0.05, 0) is 38.3 Å². The Morgan fingerprint density at radius 2 is 2.29 bits per heavy atom. The Hall–Kier alpha value is -1.46. The largest absolute Gasteiger partial charge is 0.392 e. The van der Waals surface area contributed by atoms with Crippen LogP contribution < -0.4 is 5.32 Å². The third-order valence-corrected chi connectivity index (χ3v) is 5.08. The third-order valence-electron chi connectivity index (χ3n) is 4.02. The molecule has 4 nitrogen and oxygen atoms in total. The van der Waals surface area contributed by atoms with Gasteiger partial charge in [0, 0.05) is 12.5 Å². The fourth-order valence-corrected chi connectivity index (χ4v) is 4.01. The van der Waals surface area contributed by atoms with Gasteiger partial charge in [-0.1, -0.05) is 12.1 Å². The summed E-state index contributed by atoms with van der Waals surface area (Å²) in [6.07, 6.45) is 2.73. The lowest BCUT2D eigenvalue weighted by Crippen LogP contribution is -2.40. The molecule has 1 aromatic carbocycles. The van der Waals surface area contributed by atoms with Crippen molar-refractivity contribution >= 4 is 27.5 Å². The summed E-state index contributed by atoms with van der Waals surface area (Å²) in [4.78, 5) is 16.7. The number of thiazole rings is 1. The number of para-hydroxylation sites is 1. The van der Waals surface area contributed by atoms with E-state index < -0.39 is 6.10 Å². The fourth-order valence-electron chi connectivity index (χ4n) is 2.92. The van der Waals surface area contributed by atoms with Crippen LogP contribution in [0.15, 0.2) is 24.3 Å². The van der Waals surface area contributed by atoms with Crippen LogP contribution >= 0.6 is 11.3 Å². The number of nitrogens with one attached hydrogen (secondary N) is 1. The number of fused-ring (bicyclic) bond motifs is 1. The molecular weight excluding hydrogens is 284 g/mol. The van der Waals surface area contributed by atoms with Crippen molar-refractivity contribution in [3.63, 3.8) is 0 Å². The average Bonchev–Trinajstić information content (AvgIpc) is 3.03. The molecule has 0 spiro atoms. The predicted molar refractivity (Wildman–Crippen MR) is 84.3 cm³/mol. The molecule has 0 aliphatic heterocycles. The Labute approximate surface area is 128 Å². The number of amides is 1. The number of hydrogen-bond acceptors (Lipinski definition) is 4. The zero-order valence-electron chi connectivity index (χ0n) is 12.1. The van der Waals surface area contributed by atoms with Gasteiger partial charge >= 0.3 is 0 Å². The quantitative estimate of drug-likeness (QED) is 0.912. The van der Waals surface area contributed by atoms with Crippen molar-refractivity contribution in [1.29, 1.82) is 0 Å². The summed E-state index contributed by atoms with van der Waals surface area (Å²) in [6.45, 7) is 1.99. The van der Waals surface area contributed by atoms with E-state index in [4.69, 9.17) is 0 Å². The maximum Gasteiger partial charge on any atom is 0.225 e. The molecule has 3 unspecified atom stereocenters. The molecule has 2 aromatic rings. The number of aromatic nitrogens is 1. The molecule has 0 radical (unpaired) electrons. The number of aliphatic hydroxyl groups is 1. The monoisotopic (exact) mass is 304 g/mol. The van der Waals surface area contributed by atoms with Gasteiger partial charge in [0.05, 0.1) is 27.2 Å². The summed E-state index contributed by atoms with van der Waals surface area (Å²) < 4.78 is 1.18. The zero-order valence-corrected chi connectivity index (χ0v) is 12.9. The molecule has 1 saturated carbocycles. The summed E-state index contributed by atoms with van der Waals surface area (Å²) in [5, 5.41) is 13.8. The minimum Gasteiger partial charge on any atom is -0.392 e. The van der Waals surface area contributed by atoms with Crippen LogP contribution in [-0.2, 0) is 11.2 Å². The van der Waals surface area contributed by atoms with E-state index in [1.165, 1.54) is 4.70 Å². The van der Waals surface area contributed by atoms with E-state index >= 15 is 0 Å². The molecule has 1 aliphatic rings. The molecular formula is C16H20N2O2S. The molecule has 5 heteroatoms. The molecule has 0 saturated heterocycles. The van der Waals surface area contributed by atoms with Crippen molar-refractivity contribution in [1.82, 2.24) is 10.3 Å². The number of carbonyl (C=O) groups excluding carboxylic acids is 1. The Bertz CT molecular complexity index is 607. The van der Waals surface area contributed by atoms with Crippen molar-refractivity contribution in [3.05, 3.63) is 29.3 Å². The Kier molecular flexibility index (Phi) is 4.22. The van der Waals surface area contributed by atoms with Gasteiger partial charge in [0.2, 0.25) is 5.91 Å². The highest BCUT2D eigenvalue weighted by atomic mass is 32.1. The minimum absolute atomic E-state index is 0.0198. The summed E-state index contributed by atoms with van der Waals surface area (Å²) in [5.41, 5.74) is 1.02. The van der Waals surface area contributed by atoms with Gasteiger partial charge in [-0.25, -0.2) is 4.98 Å². The smallest absolute Gasteiger partial charge is 0.225 e. The first-order valence-corrected chi connectivity index (χ1v) is 8.28. The molecule has 3 atom stereocenters. The molecule has 0 bridgehead atoms. The molecule has 1 heterocycles. The van der Waals surface area contributed by atoms with E-state index in [-0.39, 0.29) is 17.9 Å². The molecule has 1 amide bonds. The molecule has 21 heavy (non-hydrogen) atoms. The Morgan fingerprint density at radius 1 is 1.48 bits per heavy atom. The Morgan fingerprint density at radius 3 is 3.00 bits per heavy atom. The van der Waals surface area contributed by atoms with E-state index in [0.717, 1.165) is 36.2 Å². The highest BCUT2D eigenvalue weighted by molar-refractivity contribution is 7.18. The second-order valence-electron chi connectivity index (χ2n) is 5.79. The van der Waals surface area contributed by atoms with E-state index in [1.807, 2.05) is 25.1 Å². The first-order chi connectivity index (χ1) is 10.1. The van der Waals surface area contributed by atoms with Crippen LogP contribution in [0.4, 0.5) is 0 Å². The normalized spacial score (nSPS) is 23.3. The lowest BCUT2D eigenvalue weighted by atomic mass is 10.0. The second kappa shape index (κ2) is 6.12. The number of benzene rings is 1. The minimum atomic E-state index is -0.473. The van der Waals surface area contributed by atoms with Crippen LogP contribution in [0.5, 0.6) is 0 Å². The SMILES string of the molecule is CC(Cc1nc2ccccc2s1)NC(=O)C1CCCC1O. The number of nitrogens with zero attached hydrogens (tertiary/aromatic N) is 1. The first-order valence-electron chi connectivity index (χ1n) is 7.46. The number of aliphatic hydroxyl groups excluding tert-OH is 1. The molecule has 1 aromatic heterocycles. The maximum absolute atomic E-state index is 12.1. The van der Waals surface area contributed by atoms with Crippen molar-refractivity contribution < 1.29 is 9.90 Å². The van der Waals surface area contributed by atoms with Gasteiger partial charge in [-0.2, -0.15) is 0 Å². The van der Waals surface area contributed by atoms with E-state index in [9.17, 15) is 9.90 Å².